The van der Waals surface area contributed by atoms with Crippen LogP contribution in [0.1, 0.15) is 54.8 Å². The topological polar surface area (TPSA) is 80.4 Å². The Kier molecular flexibility index (Phi) is 3.02. The first kappa shape index (κ1) is 12.9. The van der Waals surface area contributed by atoms with Crippen molar-refractivity contribution in [3.05, 3.63) is 23.0 Å². The zero-order valence-electron chi connectivity index (χ0n) is 11.5. The smallest absolute Gasteiger partial charge is 0.307 e. The van der Waals surface area contributed by atoms with Gasteiger partial charge in [0.2, 0.25) is 4.96 Å². The average molecular weight is 304 g/mol. The van der Waals surface area contributed by atoms with Gasteiger partial charge < -0.3 is 5.11 Å². The van der Waals surface area contributed by atoms with E-state index in [0.29, 0.717) is 12.3 Å². The Morgan fingerprint density at radius 1 is 1.29 bits per heavy atom. The zero-order chi connectivity index (χ0) is 14.4. The van der Waals surface area contributed by atoms with Crippen molar-refractivity contribution in [3.63, 3.8) is 0 Å². The summed E-state index contributed by atoms with van der Waals surface area (Å²) in [6, 6.07) is 0. The Bertz CT molecular complexity index is 716. The lowest BCUT2D eigenvalue weighted by molar-refractivity contribution is -0.142. The molecule has 0 unspecified atom stereocenters. The van der Waals surface area contributed by atoms with Crippen LogP contribution in [-0.4, -0.2) is 30.9 Å². The molecule has 0 amide bonds. The summed E-state index contributed by atoms with van der Waals surface area (Å²) >= 11 is 1.48. The quantitative estimate of drug-likeness (QED) is 0.882. The minimum Gasteiger partial charge on any atom is -0.481 e. The first-order valence-electron chi connectivity index (χ1n) is 7.34. The molecule has 1 saturated carbocycles. The van der Waals surface area contributed by atoms with Crippen LogP contribution in [0.15, 0.2) is 12.2 Å². The zero-order valence-corrected chi connectivity index (χ0v) is 12.3. The predicted octanol–water partition coefficient (Wildman–Crippen LogP) is 2.59. The van der Waals surface area contributed by atoms with Crippen LogP contribution in [0.2, 0.25) is 0 Å². The number of carboxylic acid groups (broad SMARTS) is 1. The Hall–Kier alpha value is -1.76. The number of carboxylic acids is 1. The van der Waals surface area contributed by atoms with E-state index < -0.39 is 5.97 Å². The molecule has 4 rings (SSSR count). The number of fused-ring (bicyclic) bond motifs is 1. The molecular formula is C14H16N4O2S. The number of rotatable bonds is 3. The largest absolute Gasteiger partial charge is 0.481 e. The van der Waals surface area contributed by atoms with Crippen molar-refractivity contribution in [1.82, 2.24) is 19.8 Å². The standard InChI is InChI=1S/C14H16N4O2S/c19-13(20)10-7-2-1-6-9(10)12-17-18-11(8-4-3-5-8)15-16-14(18)21-12/h1-2,8-10H,3-7H2,(H,19,20)/t9-,10+/m1/s1. The highest BCUT2D eigenvalue weighted by molar-refractivity contribution is 7.16. The van der Waals surface area contributed by atoms with Gasteiger partial charge in [-0.05, 0) is 25.7 Å². The second kappa shape index (κ2) is 4.91. The number of hydrogen-bond donors (Lipinski definition) is 1. The lowest BCUT2D eigenvalue weighted by Gasteiger charge is -2.23. The van der Waals surface area contributed by atoms with Crippen molar-refractivity contribution < 1.29 is 9.90 Å². The molecule has 2 atom stereocenters. The van der Waals surface area contributed by atoms with Crippen LogP contribution in [0.3, 0.4) is 0 Å². The van der Waals surface area contributed by atoms with Crippen molar-refractivity contribution in [1.29, 1.82) is 0 Å². The van der Waals surface area contributed by atoms with Crippen molar-refractivity contribution >= 4 is 22.3 Å². The summed E-state index contributed by atoms with van der Waals surface area (Å²) < 4.78 is 1.83. The Labute approximate surface area is 125 Å². The SMILES string of the molecule is O=C(O)[C@H]1CC=CC[C@H]1c1nn2c(C3CCC3)nnc2s1. The molecule has 2 aromatic heterocycles. The maximum absolute atomic E-state index is 11.4. The lowest BCUT2D eigenvalue weighted by Crippen LogP contribution is -2.23. The maximum Gasteiger partial charge on any atom is 0.307 e. The fraction of sp³-hybridized carbons (Fsp3) is 0.571. The van der Waals surface area contributed by atoms with E-state index >= 15 is 0 Å². The van der Waals surface area contributed by atoms with Crippen molar-refractivity contribution in [2.45, 2.75) is 43.9 Å². The molecule has 7 heteroatoms. The van der Waals surface area contributed by atoms with E-state index in [1.165, 1.54) is 17.8 Å². The molecule has 2 heterocycles. The molecule has 0 spiro atoms. The minimum atomic E-state index is -0.741. The second-order valence-corrected chi connectivity index (χ2v) is 6.80. The summed E-state index contributed by atoms with van der Waals surface area (Å²) in [5, 5.41) is 23.4. The van der Waals surface area contributed by atoms with Crippen LogP contribution in [0.4, 0.5) is 0 Å². The molecule has 110 valence electrons. The van der Waals surface area contributed by atoms with Crippen LogP contribution < -0.4 is 0 Å². The number of aliphatic carboxylic acids is 1. The molecule has 6 nitrogen and oxygen atoms in total. The minimum absolute atomic E-state index is 0.0477. The van der Waals surface area contributed by atoms with E-state index in [9.17, 15) is 9.90 Å². The van der Waals surface area contributed by atoms with E-state index in [-0.39, 0.29) is 11.8 Å². The fourth-order valence-electron chi connectivity index (χ4n) is 3.08. The van der Waals surface area contributed by atoms with Crippen molar-refractivity contribution in [2.75, 3.05) is 0 Å². The molecule has 2 aliphatic rings. The number of allylic oxidation sites excluding steroid dienone is 2. The average Bonchev–Trinajstić information content (AvgIpc) is 2.99. The molecular weight excluding hydrogens is 288 g/mol. The van der Waals surface area contributed by atoms with Gasteiger partial charge in [0.1, 0.15) is 5.01 Å². The van der Waals surface area contributed by atoms with Crippen LogP contribution in [0.25, 0.3) is 4.96 Å². The van der Waals surface area contributed by atoms with Gasteiger partial charge in [0, 0.05) is 11.8 Å². The van der Waals surface area contributed by atoms with Gasteiger partial charge in [-0.25, -0.2) is 0 Å². The van der Waals surface area contributed by atoms with Crippen LogP contribution in [0, 0.1) is 5.92 Å². The molecule has 0 radical (unpaired) electrons. The summed E-state index contributed by atoms with van der Waals surface area (Å²) in [6.07, 6.45) is 8.87. The molecule has 21 heavy (non-hydrogen) atoms. The van der Waals surface area contributed by atoms with Gasteiger partial charge in [-0.3, -0.25) is 4.79 Å². The molecule has 1 fully saturated rings. The van der Waals surface area contributed by atoms with E-state index in [1.807, 2.05) is 10.6 Å². The van der Waals surface area contributed by atoms with E-state index in [4.69, 9.17) is 0 Å². The number of hydrogen-bond acceptors (Lipinski definition) is 5. The molecule has 2 aromatic rings. The highest BCUT2D eigenvalue weighted by atomic mass is 32.1. The fourth-order valence-corrected chi connectivity index (χ4v) is 4.10. The third kappa shape index (κ3) is 2.07. The Morgan fingerprint density at radius 2 is 2.10 bits per heavy atom. The predicted molar refractivity (Wildman–Crippen MR) is 77.5 cm³/mol. The summed E-state index contributed by atoms with van der Waals surface area (Å²) in [5.74, 6) is 0.238. The number of aromatic nitrogens is 4. The van der Waals surface area contributed by atoms with Gasteiger partial charge in [0.15, 0.2) is 5.82 Å². The lowest BCUT2D eigenvalue weighted by atomic mass is 9.83. The molecule has 0 aliphatic heterocycles. The van der Waals surface area contributed by atoms with Gasteiger partial charge >= 0.3 is 5.97 Å². The summed E-state index contributed by atoms with van der Waals surface area (Å²) in [5.41, 5.74) is 0. The normalized spacial score (nSPS) is 26.1. The van der Waals surface area contributed by atoms with Crippen LogP contribution >= 0.6 is 11.3 Å². The molecule has 1 N–H and O–H groups in total. The van der Waals surface area contributed by atoms with Gasteiger partial charge in [0.25, 0.3) is 0 Å². The Balaban J connectivity index is 1.71. The van der Waals surface area contributed by atoms with Gasteiger partial charge in [0.05, 0.1) is 5.92 Å². The monoisotopic (exact) mass is 304 g/mol. The van der Waals surface area contributed by atoms with Gasteiger partial charge in [-0.2, -0.15) is 9.61 Å². The van der Waals surface area contributed by atoms with E-state index in [2.05, 4.69) is 21.4 Å². The van der Waals surface area contributed by atoms with Gasteiger partial charge in [-0.15, -0.1) is 10.2 Å². The van der Waals surface area contributed by atoms with Crippen molar-refractivity contribution in [2.24, 2.45) is 5.92 Å². The number of carbonyl (C=O) groups is 1. The van der Waals surface area contributed by atoms with Crippen LogP contribution in [-0.2, 0) is 4.79 Å². The summed E-state index contributed by atoms with van der Waals surface area (Å²) in [6.45, 7) is 0. The van der Waals surface area contributed by atoms with E-state index in [1.54, 1.807) is 0 Å². The van der Waals surface area contributed by atoms with Crippen LogP contribution in [0.5, 0.6) is 0 Å². The van der Waals surface area contributed by atoms with Gasteiger partial charge in [-0.1, -0.05) is 29.9 Å². The summed E-state index contributed by atoms with van der Waals surface area (Å²) in [4.78, 5) is 12.2. The van der Waals surface area contributed by atoms with Crippen molar-refractivity contribution in [3.8, 4) is 0 Å². The maximum atomic E-state index is 11.4. The third-order valence-electron chi connectivity index (χ3n) is 4.57. The molecule has 0 saturated heterocycles. The highest BCUT2D eigenvalue weighted by Crippen LogP contribution is 2.39. The highest BCUT2D eigenvalue weighted by Gasteiger charge is 2.33. The first-order chi connectivity index (χ1) is 10.2. The molecule has 2 aliphatic carbocycles. The third-order valence-corrected chi connectivity index (χ3v) is 5.60. The Morgan fingerprint density at radius 3 is 2.81 bits per heavy atom. The molecule has 0 aromatic carbocycles. The van der Waals surface area contributed by atoms with E-state index in [0.717, 1.165) is 35.1 Å². The number of nitrogens with zero attached hydrogens (tertiary/aromatic N) is 4. The molecule has 0 bridgehead atoms. The second-order valence-electron chi connectivity index (χ2n) is 5.81. The first-order valence-corrected chi connectivity index (χ1v) is 8.15. The summed E-state index contributed by atoms with van der Waals surface area (Å²) in [7, 11) is 0.